The zero-order chi connectivity index (χ0) is 18.1. The van der Waals surface area contributed by atoms with Gasteiger partial charge in [0.25, 0.3) is 0 Å². The van der Waals surface area contributed by atoms with E-state index in [2.05, 4.69) is 6.08 Å². The molecule has 6 heteroatoms. The van der Waals surface area contributed by atoms with E-state index in [-0.39, 0.29) is 24.8 Å². The molecule has 0 atom stereocenters. The first-order valence-corrected chi connectivity index (χ1v) is 8.76. The van der Waals surface area contributed by atoms with Crippen LogP contribution >= 0.6 is 12.4 Å². The Morgan fingerprint density at radius 2 is 1.89 bits per heavy atom. The highest BCUT2D eigenvalue weighted by molar-refractivity contribution is 5.85. The summed E-state index contributed by atoms with van der Waals surface area (Å²) in [4.78, 5) is 12.9. The fraction of sp³-hybridized carbons (Fsp3) is 0.286. The van der Waals surface area contributed by atoms with Gasteiger partial charge in [-0.05, 0) is 35.4 Å². The molecule has 2 heterocycles. The molecule has 4 rings (SSSR count). The van der Waals surface area contributed by atoms with Crippen molar-refractivity contribution in [2.45, 2.75) is 18.4 Å². The SMILES string of the molecule is Cl.O=C(O)CN1CCC2(C=C(c3cccc(F)c3)c3ccccc3O2)CC1. The van der Waals surface area contributed by atoms with Gasteiger partial charge >= 0.3 is 5.97 Å². The Kier molecular flexibility index (Phi) is 5.53. The minimum Gasteiger partial charge on any atom is -0.482 e. The van der Waals surface area contributed by atoms with Gasteiger partial charge in [-0.2, -0.15) is 0 Å². The smallest absolute Gasteiger partial charge is 0.317 e. The van der Waals surface area contributed by atoms with Gasteiger partial charge in [-0.25, -0.2) is 4.39 Å². The van der Waals surface area contributed by atoms with E-state index < -0.39 is 11.6 Å². The van der Waals surface area contributed by atoms with Crippen LogP contribution in [0, 0.1) is 5.82 Å². The largest absolute Gasteiger partial charge is 0.482 e. The van der Waals surface area contributed by atoms with Crippen molar-refractivity contribution in [2.24, 2.45) is 0 Å². The van der Waals surface area contributed by atoms with E-state index >= 15 is 0 Å². The number of carbonyl (C=O) groups is 1. The Balaban J connectivity index is 0.00000210. The van der Waals surface area contributed by atoms with Crippen molar-refractivity contribution >= 4 is 23.9 Å². The second-order valence-corrected chi connectivity index (χ2v) is 6.90. The number of halogens is 2. The summed E-state index contributed by atoms with van der Waals surface area (Å²) in [5.41, 5.74) is 2.27. The van der Waals surface area contributed by atoms with Gasteiger partial charge in [0.2, 0.25) is 0 Å². The predicted molar refractivity (Wildman–Crippen MR) is 104 cm³/mol. The van der Waals surface area contributed by atoms with Crippen LogP contribution in [0.2, 0.25) is 0 Å². The Bertz CT molecular complexity index is 875. The fourth-order valence-electron chi connectivity index (χ4n) is 3.79. The zero-order valence-corrected chi connectivity index (χ0v) is 15.5. The molecule has 1 fully saturated rings. The Morgan fingerprint density at radius 1 is 1.15 bits per heavy atom. The summed E-state index contributed by atoms with van der Waals surface area (Å²) < 4.78 is 20.1. The normalized spacial score (nSPS) is 18.0. The first-order valence-electron chi connectivity index (χ1n) is 8.76. The summed E-state index contributed by atoms with van der Waals surface area (Å²) in [5.74, 6) is -0.287. The predicted octanol–water partition coefficient (Wildman–Crippen LogP) is 3.99. The van der Waals surface area contributed by atoms with E-state index in [1.54, 1.807) is 12.1 Å². The molecule has 1 spiro atoms. The van der Waals surface area contributed by atoms with Crippen LogP contribution in [0.4, 0.5) is 4.39 Å². The molecule has 1 saturated heterocycles. The molecule has 1 N–H and O–H groups in total. The number of nitrogens with zero attached hydrogens (tertiary/aromatic N) is 1. The van der Waals surface area contributed by atoms with Crippen molar-refractivity contribution in [3.8, 4) is 5.75 Å². The second kappa shape index (κ2) is 7.71. The van der Waals surface area contributed by atoms with Crippen molar-refractivity contribution in [1.82, 2.24) is 4.90 Å². The Labute approximate surface area is 163 Å². The van der Waals surface area contributed by atoms with Crippen molar-refractivity contribution in [3.05, 3.63) is 71.6 Å². The van der Waals surface area contributed by atoms with Gasteiger partial charge < -0.3 is 9.84 Å². The number of rotatable bonds is 3. The summed E-state index contributed by atoms with van der Waals surface area (Å²) in [5, 5.41) is 8.99. The van der Waals surface area contributed by atoms with Gasteiger partial charge in [0.15, 0.2) is 0 Å². The maximum atomic E-state index is 13.8. The average Bonchev–Trinajstić information content (AvgIpc) is 2.63. The van der Waals surface area contributed by atoms with Crippen LogP contribution in [0.1, 0.15) is 24.0 Å². The highest BCUT2D eigenvalue weighted by atomic mass is 35.5. The third kappa shape index (κ3) is 3.99. The van der Waals surface area contributed by atoms with Crippen LogP contribution in [-0.4, -0.2) is 41.2 Å². The van der Waals surface area contributed by atoms with Crippen molar-refractivity contribution in [3.63, 3.8) is 0 Å². The van der Waals surface area contributed by atoms with E-state index in [1.165, 1.54) is 6.07 Å². The number of piperidine rings is 1. The lowest BCUT2D eigenvalue weighted by Gasteiger charge is -2.42. The number of fused-ring (bicyclic) bond motifs is 1. The van der Waals surface area contributed by atoms with E-state index in [0.717, 1.165) is 22.4 Å². The lowest BCUT2D eigenvalue weighted by molar-refractivity contribution is -0.139. The molecule has 2 aromatic carbocycles. The zero-order valence-electron chi connectivity index (χ0n) is 14.7. The molecule has 2 aliphatic rings. The number of aliphatic carboxylic acids is 1. The molecule has 2 aliphatic heterocycles. The summed E-state index contributed by atoms with van der Waals surface area (Å²) >= 11 is 0. The lowest BCUT2D eigenvalue weighted by Crippen LogP contribution is -2.49. The molecular formula is C21H21ClFNO3. The van der Waals surface area contributed by atoms with E-state index in [4.69, 9.17) is 9.84 Å². The van der Waals surface area contributed by atoms with Crippen LogP contribution in [-0.2, 0) is 4.79 Å². The number of carboxylic acid groups (broad SMARTS) is 1. The molecule has 142 valence electrons. The molecule has 0 aromatic heterocycles. The van der Waals surface area contributed by atoms with Gasteiger partial charge in [-0.1, -0.05) is 30.3 Å². The van der Waals surface area contributed by atoms with Gasteiger partial charge in [-0.3, -0.25) is 9.69 Å². The molecule has 0 bridgehead atoms. The standard InChI is InChI=1S/C21H20FNO3.ClH/c22-16-5-3-4-15(12-16)18-13-21(26-19-7-2-1-6-17(18)19)8-10-23(11-9-21)14-20(24)25;/h1-7,12-13H,8-11,14H2,(H,24,25);1H. The quantitative estimate of drug-likeness (QED) is 0.862. The van der Waals surface area contributed by atoms with Gasteiger partial charge in [-0.15, -0.1) is 12.4 Å². The third-order valence-electron chi connectivity index (χ3n) is 5.09. The number of carboxylic acids is 1. The number of ether oxygens (including phenoxy) is 1. The second-order valence-electron chi connectivity index (χ2n) is 6.90. The number of hydrogen-bond acceptors (Lipinski definition) is 3. The van der Waals surface area contributed by atoms with E-state index in [0.29, 0.717) is 25.9 Å². The summed E-state index contributed by atoms with van der Waals surface area (Å²) in [6, 6.07) is 14.4. The first-order chi connectivity index (χ1) is 12.5. The van der Waals surface area contributed by atoms with Crippen LogP contribution in [0.5, 0.6) is 5.75 Å². The number of para-hydroxylation sites is 1. The molecule has 0 saturated carbocycles. The van der Waals surface area contributed by atoms with Crippen LogP contribution in [0.15, 0.2) is 54.6 Å². The topological polar surface area (TPSA) is 49.8 Å². The summed E-state index contributed by atoms with van der Waals surface area (Å²) in [7, 11) is 0. The molecule has 0 radical (unpaired) electrons. The highest BCUT2D eigenvalue weighted by Crippen LogP contribution is 2.43. The number of hydrogen-bond donors (Lipinski definition) is 1. The molecule has 2 aromatic rings. The molecule has 0 aliphatic carbocycles. The fourth-order valence-corrected chi connectivity index (χ4v) is 3.79. The first kappa shape index (κ1) is 19.4. The lowest BCUT2D eigenvalue weighted by atomic mass is 9.83. The van der Waals surface area contributed by atoms with Crippen LogP contribution in [0.25, 0.3) is 5.57 Å². The molecule has 4 nitrogen and oxygen atoms in total. The molecule has 0 unspecified atom stereocenters. The monoisotopic (exact) mass is 389 g/mol. The third-order valence-corrected chi connectivity index (χ3v) is 5.09. The van der Waals surface area contributed by atoms with Crippen molar-refractivity contribution in [2.75, 3.05) is 19.6 Å². The van der Waals surface area contributed by atoms with Crippen molar-refractivity contribution in [1.29, 1.82) is 0 Å². The van der Waals surface area contributed by atoms with Gasteiger partial charge in [0.05, 0.1) is 6.54 Å². The minimum absolute atomic E-state index is 0. The van der Waals surface area contributed by atoms with Crippen LogP contribution < -0.4 is 4.74 Å². The molecular weight excluding hydrogens is 369 g/mol. The highest BCUT2D eigenvalue weighted by Gasteiger charge is 2.39. The van der Waals surface area contributed by atoms with Crippen LogP contribution in [0.3, 0.4) is 0 Å². The maximum Gasteiger partial charge on any atom is 0.317 e. The average molecular weight is 390 g/mol. The Hall–Kier alpha value is -2.37. The Morgan fingerprint density at radius 3 is 2.59 bits per heavy atom. The number of benzene rings is 2. The molecule has 0 amide bonds. The van der Waals surface area contributed by atoms with E-state index in [9.17, 15) is 9.18 Å². The summed E-state index contributed by atoms with van der Waals surface area (Å²) in [6.07, 6.45) is 3.50. The van der Waals surface area contributed by atoms with Gasteiger partial charge in [0.1, 0.15) is 17.2 Å². The summed E-state index contributed by atoms with van der Waals surface area (Å²) in [6.45, 7) is 1.36. The van der Waals surface area contributed by atoms with Crippen molar-refractivity contribution < 1.29 is 19.0 Å². The maximum absolute atomic E-state index is 13.8. The number of likely N-dealkylation sites (tertiary alicyclic amines) is 1. The molecule has 27 heavy (non-hydrogen) atoms. The van der Waals surface area contributed by atoms with E-state index in [1.807, 2.05) is 35.2 Å². The minimum atomic E-state index is -0.813. The van der Waals surface area contributed by atoms with Gasteiger partial charge in [0, 0.05) is 31.5 Å².